The average molecular weight is 199 g/mol. The zero-order chi connectivity index (χ0) is 10.4. The van der Waals surface area contributed by atoms with Crippen molar-refractivity contribution >= 4 is 12.0 Å². The first-order valence-corrected chi connectivity index (χ1v) is 5.47. The fourth-order valence-electron chi connectivity index (χ4n) is 2.61. The highest BCUT2D eigenvalue weighted by Gasteiger charge is 2.34. The molecule has 76 valence electrons. The molecule has 0 bridgehead atoms. The van der Waals surface area contributed by atoms with Gasteiger partial charge in [0.05, 0.1) is 0 Å². The van der Waals surface area contributed by atoms with E-state index in [0.717, 1.165) is 18.4 Å². The van der Waals surface area contributed by atoms with Crippen molar-refractivity contribution < 1.29 is 4.79 Å². The molecule has 1 aliphatic heterocycles. The van der Waals surface area contributed by atoms with Crippen LogP contribution in [0.15, 0.2) is 39.9 Å². The molecule has 0 radical (unpaired) electrons. The highest BCUT2D eigenvalue weighted by Crippen LogP contribution is 2.39. The maximum absolute atomic E-state index is 12.1. The number of Topliss-reactive ketones (excluding diaryl/α,β-unsaturated/α-hetero) is 1. The first-order chi connectivity index (χ1) is 7.27. The van der Waals surface area contributed by atoms with Crippen molar-refractivity contribution in [2.75, 3.05) is 0 Å². The second-order valence-electron chi connectivity index (χ2n) is 4.35. The summed E-state index contributed by atoms with van der Waals surface area (Å²) in [7, 11) is 0. The minimum atomic E-state index is -0.173. The van der Waals surface area contributed by atoms with Crippen molar-refractivity contribution in [1.29, 1.82) is 0 Å². The molecule has 0 saturated heterocycles. The van der Waals surface area contributed by atoms with Crippen molar-refractivity contribution in [3.8, 4) is 0 Å². The van der Waals surface area contributed by atoms with Crippen LogP contribution in [0.1, 0.15) is 19.8 Å². The number of aliphatic imine (C=N–C) groups is 1. The Morgan fingerprint density at radius 2 is 2.27 bits per heavy atom. The zero-order valence-electron chi connectivity index (χ0n) is 8.73. The largest absolute Gasteiger partial charge is 0.297 e. The smallest absolute Gasteiger partial charge is 0.164 e. The number of allylic oxidation sites excluding steroid dienone is 6. The van der Waals surface area contributed by atoms with E-state index >= 15 is 0 Å². The third-order valence-electron chi connectivity index (χ3n) is 3.42. The van der Waals surface area contributed by atoms with Crippen LogP contribution in [-0.4, -0.2) is 18.0 Å². The summed E-state index contributed by atoms with van der Waals surface area (Å²) in [6.07, 6.45) is 10.2. The predicted molar refractivity (Wildman–Crippen MR) is 59.9 cm³/mol. The first-order valence-electron chi connectivity index (χ1n) is 5.47. The SMILES string of the molecule is CC1N=CC2=C3C(=CCCC3C1=O)C=C2. The van der Waals surface area contributed by atoms with Gasteiger partial charge >= 0.3 is 0 Å². The second kappa shape index (κ2) is 3.02. The number of carbonyl (C=O) groups is 1. The minimum absolute atomic E-state index is 0.0903. The molecular formula is C13H13NO. The normalized spacial score (nSPS) is 32.9. The van der Waals surface area contributed by atoms with Crippen LogP contribution in [0.25, 0.3) is 0 Å². The second-order valence-corrected chi connectivity index (χ2v) is 4.35. The van der Waals surface area contributed by atoms with Crippen molar-refractivity contribution in [2.24, 2.45) is 10.9 Å². The van der Waals surface area contributed by atoms with E-state index in [9.17, 15) is 4.79 Å². The Bertz CT molecular complexity index is 451. The molecule has 0 aromatic heterocycles. The van der Waals surface area contributed by atoms with Crippen LogP contribution in [0.5, 0.6) is 0 Å². The van der Waals surface area contributed by atoms with Crippen molar-refractivity contribution in [3.63, 3.8) is 0 Å². The van der Waals surface area contributed by atoms with E-state index in [1.54, 1.807) is 0 Å². The van der Waals surface area contributed by atoms with Crippen LogP contribution in [-0.2, 0) is 4.79 Å². The van der Waals surface area contributed by atoms with Crippen LogP contribution < -0.4 is 0 Å². The molecule has 2 nitrogen and oxygen atoms in total. The summed E-state index contributed by atoms with van der Waals surface area (Å²) in [5, 5.41) is 0. The number of carbonyl (C=O) groups excluding carboxylic acids is 1. The van der Waals surface area contributed by atoms with Gasteiger partial charge in [-0.2, -0.15) is 0 Å². The third kappa shape index (κ3) is 1.17. The fourth-order valence-corrected chi connectivity index (χ4v) is 2.61. The topological polar surface area (TPSA) is 29.4 Å². The molecule has 1 heterocycles. The lowest BCUT2D eigenvalue weighted by atomic mass is 9.80. The summed E-state index contributed by atoms with van der Waals surface area (Å²) < 4.78 is 0. The highest BCUT2D eigenvalue weighted by molar-refractivity contribution is 5.99. The Balaban J connectivity index is 2.17. The van der Waals surface area contributed by atoms with Crippen LogP contribution >= 0.6 is 0 Å². The van der Waals surface area contributed by atoms with Crippen LogP contribution in [0.3, 0.4) is 0 Å². The standard InChI is InChI=1S/C13H13NO/c1-8-13(15)11-4-2-3-9-5-6-10(7-14-8)12(9)11/h3,5-8,11H,2,4H2,1H3. The van der Waals surface area contributed by atoms with Gasteiger partial charge in [0, 0.05) is 12.1 Å². The van der Waals surface area contributed by atoms with Gasteiger partial charge in [0.25, 0.3) is 0 Å². The van der Waals surface area contributed by atoms with E-state index in [0.29, 0.717) is 0 Å². The number of rotatable bonds is 0. The molecule has 0 aromatic rings. The molecule has 0 fully saturated rings. The number of ketones is 1. The van der Waals surface area contributed by atoms with E-state index in [2.05, 4.69) is 23.2 Å². The van der Waals surface area contributed by atoms with E-state index in [-0.39, 0.29) is 17.7 Å². The predicted octanol–water partition coefficient (Wildman–Crippen LogP) is 2.23. The summed E-state index contributed by atoms with van der Waals surface area (Å²) in [5.41, 5.74) is 3.61. The van der Waals surface area contributed by atoms with Crippen molar-refractivity contribution in [3.05, 3.63) is 34.9 Å². The lowest BCUT2D eigenvalue weighted by molar-refractivity contribution is -0.122. The molecule has 0 aromatic carbocycles. The molecule has 2 heteroatoms. The molecular weight excluding hydrogens is 186 g/mol. The molecule has 0 spiro atoms. The first kappa shape index (κ1) is 8.84. The molecule has 15 heavy (non-hydrogen) atoms. The highest BCUT2D eigenvalue weighted by atomic mass is 16.1. The summed E-state index contributed by atoms with van der Waals surface area (Å²) >= 11 is 0. The van der Waals surface area contributed by atoms with Gasteiger partial charge in [-0.15, -0.1) is 0 Å². The van der Waals surface area contributed by atoms with Crippen molar-refractivity contribution in [1.82, 2.24) is 0 Å². The van der Waals surface area contributed by atoms with Gasteiger partial charge in [0.1, 0.15) is 6.04 Å². The Morgan fingerprint density at radius 1 is 1.40 bits per heavy atom. The average Bonchev–Trinajstić information content (AvgIpc) is 2.62. The number of nitrogens with zero attached hydrogens (tertiary/aromatic N) is 1. The number of hydrogen-bond donors (Lipinski definition) is 0. The molecule has 2 aliphatic carbocycles. The summed E-state index contributed by atoms with van der Waals surface area (Å²) in [6, 6.07) is -0.173. The van der Waals surface area contributed by atoms with Gasteiger partial charge in [0.15, 0.2) is 5.78 Å². The van der Waals surface area contributed by atoms with Gasteiger partial charge < -0.3 is 0 Å². The monoisotopic (exact) mass is 199 g/mol. The van der Waals surface area contributed by atoms with Crippen LogP contribution in [0.4, 0.5) is 0 Å². The Morgan fingerprint density at radius 3 is 3.13 bits per heavy atom. The summed E-state index contributed by atoms with van der Waals surface area (Å²) in [6.45, 7) is 1.89. The van der Waals surface area contributed by atoms with Gasteiger partial charge in [-0.3, -0.25) is 9.79 Å². The molecule has 0 amide bonds. The minimum Gasteiger partial charge on any atom is -0.297 e. The van der Waals surface area contributed by atoms with Gasteiger partial charge in [-0.05, 0) is 36.5 Å². The Labute approximate surface area is 89.1 Å². The third-order valence-corrected chi connectivity index (χ3v) is 3.42. The molecule has 2 atom stereocenters. The quantitative estimate of drug-likeness (QED) is 0.588. The molecule has 0 N–H and O–H groups in total. The summed E-state index contributed by atoms with van der Waals surface area (Å²) in [5.74, 6) is 0.373. The van der Waals surface area contributed by atoms with Crippen LogP contribution in [0, 0.1) is 5.92 Å². The van der Waals surface area contributed by atoms with Gasteiger partial charge in [-0.1, -0.05) is 18.2 Å². The van der Waals surface area contributed by atoms with Crippen LogP contribution in [0.2, 0.25) is 0 Å². The van der Waals surface area contributed by atoms with Crippen molar-refractivity contribution in [2.45, 2.75) is 25.8 Å². The van der Waals surface area contributed by atoms with Gasteiger partial charge in [-0.25, -0.2) is 0 Å². The Hall–Kier alpha value is -1.44. The van der Waals surface area contributed by atoms with Gasteiger partial charge in [0.2, 0.25) is 0 Å². The number of hydrogen-bond acceptors (Lipinski definition) is 2. The molecule has 0 saturated carbocycles. The zero-order valence-corrected chi connectivity index (χ0v) is 8.73. The Kier molecular flexibility index (Phi) is 1.78. The maximum atomic E-state index is 12.1. The summed E-state index contributed by atoms with van der Waals surface area (Å²) in [4.78, 5) is 16.4. The lowest BCUT2D eigenvalue weighted by Crippen LogP contribution is -2.26. The van der Waals surface area contributed by atoms with E-state index in [1.165, 1.54) is 11.1 Å². The lowest BCUT2D eigenvalue weighted by Gasteiger charge is -2.23. The fraction of sp³-hybridized carbons (Fsp3) is 0.385. The molecule has 2 unspecified atom stereocenters. The molecule has 3 aliphatic rings. The van der Waals surface area contributed by atoms with E-state index in [1.807, 2.05) is 13.1 Å². The molecule has 3 rings (SSSR count). The van der Waals surface area contributed by atoms with E-state index in [4.69, 9.17) is 0 Å². The van der Waals surface area contributed by atoms with E-state index < -0.39 is 0 Å². The maximum Gasteiger partial charge on any atom is 0.164 e.